The van der Waals surface area contributed by atoms with Crippen LogP contribution in [0, 0.1) is 0 Å². The molecule has 2 nitrogen and oxygen atoms in total. The van der Waals surface area contributed by atoms with Crippen LogP contribution in [-0.2, 0) is 0 Å². The molecule has 0 aliphatic carbocycles. The van der Waals surface area contributed by atoms with Crippen molar-refractivity contribution in [3.8, 4) is 11.5 Å². The Morgan fingerprint density at radius 3 is 2.16 bits per heavy atom. The van der Waals surface area contributed by atoms with E-state index in [-0.39, 0.29) is 0 Å². The van der Waals surface area contributed by atoms with Crippen LogP contribution < -0.4 is 4.74 Å². The van der Waals surface area contributed by atoms with E-state index >= 15 is 0 Å². The van der Waals surface area contributed by atoms with Gasteiger partial charge in [-0.05, 0) is 29.8 Å². The molecule has 2 aromatic rings. The summed E-state index contributed by atoms with van der Waals surface area (Å²) < 4.78 is 3.87. The summed E-state index contributed by atoms with van der Waals surface area (Å²) in [6, 6.07) is 16.1. The van der Waals surface area contributed by atoms with E-state index in [9.17, 15) is 5.11 Å². The molecule has 0 radical (unpaired) electrons. The molecule has 0 amide bonds. The van der Waals surface area contributed by atoms with Crippen LogP contribution in [0.2, 0.25) is 0 Å². The lowest BCUT2D eigenvalue weighted by molar-refractivity contribution is 0.182. The molecule has 0 saturated heterocycles. The van der Waals surface area contributed by atoms with Crippen molar-refractivity contribution in [1.82, 2.24) is 0 Å². The highest BCUT2D eigenvalue weighted by molar-refractivity contribution is 6.68. The Bertz CT molecular complexity index is 538. The minimum Gasteiger partial charge on any atom is -0.457 e. The highest BCUT2D eigenvalue weighted by atomic mass is 35.6. The fourth-order valence-electron chi connectivity index (χ4n) is 1.56. The van der Waals surface area contributed by atoms with E-state index in [1.165, 1.54) is 0 Å². The number of halogens is 3. The average Bonchev–Trinajstić information content (AvgIpc) is 2.38. The van der Waals surface area contributed by atoms with E-state index in [2.05, 4.69) is 0 Å². The Balaban J connectivity index is 2.20. The van der Waals surface area contributed by atoms with Crippen molar-refractivity contribution in [2.75, 3.05) is 0 Å². The van der Waals surface area contributed by atoms with Gasteiger partial charge in [-0.3, -0.25) is 0 Å². The lowest BCUT2D eigenvalue weighted by Crippen LogP contribution is -2.16. The monoisotopic (exact) mass is 316 g/mol. The van der Waals surface area contributed by atoms with Crippen LogP contribution in [0.3, 0.4) is 0 Å². The number of aliphatic hydroxyl groups is 1. The van der Waals surface area contributed by atoms with Gasteiger partial charge >= 0.3 is 0 Å². The zero-order valence-corrected chi connectivity index (χ0v) is 12.0. The molecular weight excluding hydrogens is 307 g/mol. The van der Waals surface area contributed by atoms with Gasteiger partial charge in [0.2, 0.25) is 3.79 Å². The number of ether oxygens (including phenoxy) is 1. The number of benzene rings is 2. The molecule has 0 aliphatic heterocycles. The lowest BCUT2D eigenvalue weighted by Gasteiger charge is -2.19. The summed E-state index contributed by atoms with van der Waals surface area (Å²) in [7, 11) is 0. The average molecular weight is 318 g/mol. The van der Waals surface area contributed by atoms with E-state index in [1.807, 2.05) is 30.3 Å². The lowest BCUT2D eigenvalue weighted by atomic mass is 10.1. The van der Waals surface area contributed by atoms with Crippen molar-refractivity contribution in [1.29, 1.82) is 0 Å². The molecule has 1 atom stereocenters. The van der Waals surface area contributed by atoms with E-state index < -0.39 is 9.90 Å². The SMILES string of the molecule is OC(c1cccc(Oc2ccccc2)c1)C(Cl)(Cl)Cl. The Labute approximate surface area is 126 Å². The van der Waals surface area contributed by atoms with Crippen molar-refractivity contribution in [3.63, 3.8) is 0 Å². The smallest absolute Gasteiger partial charge is 0.220 e. The summed E-state index contributed by atoms with van der Waals surface area (Å²) in [5.41, 5.74) is 0.480. The molecule has 0 aromatic heterocycles. The molecule has 0 aliphatic rings. The summed E-state index contributed by atoms with van der Waals surface area (Å²) in [5, 5.41) is 9.90. The number of hydrogen-bond acceptors (Lipinski definition) is 2. The standard InChI is InChI=1S/C14H11Cl3O2/c15-14(16,17)13(18)10-5-4-8-12(9-10)19-11-6-2-1-3-7-11/h1-9,13,18H. The second-order valence-electron chi connectivity index (χ2n) is 3.93. The molecule has 0 spiro atoms. The summed E-state index contributed by atoms with van der Waals surface area (Å²) >= 11 is 17.0. The third-order valence-corrected chi connectivity index (χ3v) is 3.08. The number of para-hydroxylation sites is 1. The first kappa shape index (κ1) is 14.5. The molecule has 2 aromatic carbocycles. The van der Waals surface area contributed by atoms with Crippen LogP contribution in [-0.4, -0.2) is 8.90 Å². The van der Waals surface area contributed by atoms with Crippen LogP contribution >= 0.6 is 34.8 Å². The summed E-state index contributed by atoms with van der Waals surface area (Å²) in [5.74, 6) is 1.26. The quantitative estimate of drug-likeness (QED) is 0.817. The largest absolute Gasteiger partial charge is 0.457 e. The van der Waals surface area contributed by atoms with Gasteiger partial charge in [-0.25, -0.2) is 0 Å². The number of alkyl halides is 3. The van der Waals surface area contributed by atoms with Crippen LogP contribution in [0.15, 0.2) is 54.6 Å². The minimum absolute atomic E-state index is 0.480. The maximum absolute atomic E-state index is 9.90. The van der Waals surface area contributed by atoms with Gasteiger partial charge in [0.15, 0.2) is 0 Å². The van der Waals surface area contributed by atoms with Gasteiger partial charge in [0.25, 0.3) is 0 Å². The van der Waals surface area contributed by atoms with Gasteiger partial charge in [0, 0.05) is 0 Å². The molecule has 1 N–H and O–H groups in total. The first-order valence-corrected chi connectivity index (χ1v) is 6.68. The third-order valence-electron chi connectivity index (χ3n) is 2.46. The number of hydrogen-bond donors (Lipinski definition) is 1. The highest BCUT2D eigenvalue weighted by Crippen LogP contribution is 2.40. The summed E-state index contributed by atoms with van der Waals surface area (Å²) in [4.78, 5) is 0. The van der Waals surface area contributed by atoms with Gasteiger partial charge in [0.05, 0.1) is 0 Å². The van der Waals surface area contributed by atoms with Gasteiger partial charge in [-0.2, -0.15) is 0 Å². The van der Waals surface area contributed by atoms with Gasteiger partial charge in [0.1, 0.15) is 17.6 Å². The van der Waals surface area contributed by atoms with E-state index in [1.54, 1.807) is 24.3 Å². The predicted octanol–water partition coefficient (Wildman–Crippen LogP) is 4.88. The van der Waals surface area contributed by atoms with Crippen molar-refractivity contribution >= 4 is 34.8 Å². The highest BCUT2D eigenvalue weighted by Gasteiger charge is 2.32. The molecule has 0 bridgehead atoms. The predicted molar refractivity (Wildman–Crippen MR) is 78.2 cm³/mol. The Kier molecular flexibility index (Phi) is 4.58. The Morgan fingerprint density at radius 1 is 0.895 bits per heavy atom. The molecule has 2 rings (SSSR count). The maximum atomic E-state index is 9.90. The van der Waals surface area contributed by atoms with Gasteiger partial charge < -0.3 is 9.84 Å². The van der Waals surface area contributed by atoms with Gasteiger partial charge in [-0.1, -0.05) is 65.1 Å². The molecule has 19 heavy (non-hydrogen) atoms. The van der Waals surface area contributed by atoms with Crippen LogP contribution in [0.4, 0.5) is 0 Å². The normalized spacial score (nSPS) is 13.1. The Morgan fingerprint density at radius 2 is 1.53 bits per heavy atom. The van der Waals surface area contributed by atoms with Crippen LogP contribution in [0.5, 0.6) is 11.5 Å². The van der Waals surface area contributed by atoms with E-state index in [0.29, 0.717) is 17.1 Å². The summed E-state index contributed by atoms with van der Waals surface area (Å²) in [6.45, 7) is 0. The number of aliphatic hydroxyl groups excluding tert-OH is 1. The third kappa shape index (κ3) is 4.02. The van der Waals surface area contributed by atoms with E-state index in [0.717, 1.165) is 0 Å². The van der Waals surface area contributed by atoms with Gasteiger partial charge in [-0.15, -0.1) is 0 Å². The summed E-state index contributed by atoms with van der Waals surface area (Å²) in [6.07, 6.45) is -1.21. The maximum Gasteiger partial charge on any atom is 0.220 e. The minimum atomic E-state index is -1.77. The second-order valence-corrected chi connectivity index (χ2v) is 6.30. The molecule has 1 unspecified atom stereocenters. The van der Waals surface area contributed by atoms with Crippen molar-refractivity contribution in [2.24, 2.45) is 0 Å². The molecular formula is C14H11Cl3O2. The van der Waals surface area contributed by atoms with Crippen molar-refractivity contribution in [3.05, 3.63) is 60.2 Å². The molecule has 5 heteroatoms. The van der Waals surface area contributed by atoms with Crippen LogP contribution in [0.1, 0.15) is 11.7 Å². The number of rotatable bonds is 3. The first-order valence-electron chi connectivity index (χ1n) is 5.54. The molecule has 0 saturated carbocycles. The topological polar surface area (TPSA) is 29.5 Å². The van der Waals surface area contributed by atoms with E-state index in [4.69, 9.17) is 39.5 Å². The Hall–Kier alpha value is -0.930. The zero-order chi connectivity index (χ0) is 13.9. The van der Waals surface area contributed by atoms with Crippen molar-refractivity contribution < 1.29 is 9.84 Å². The molecule has 0 fully saturated rings. The zero-order valence-electron chi connectivity index (χ0n) is 9.76. The first-order chi connectivity index (χ1) is 8.97. The van der Waals surface area contributed by atoms with Crippen LogP contribution in [0.25, 0.3) is 0 Å². The fraction of sp³-hybridized carbons (Fsp3) is 0.143. The fourth-order valence-corrected chi connectivity index (χ4v) is 1.94. The van der Waals surface area contributed by atoms with Crippen molar-refractivity contribution in [2.45, 2.75) is 9.90 Å². The molecule has 100 valence electrons. The second kappa shape index (κ2) is 6.02. The molecule has 0 heterocycles.